The second-order valence-electron chi connectivity index (χ2n) is 8.75. The zero-order valence-corrected chi connectivity index (χ0v) is 21.4. The van der Waals surface area contributed by atoms with Gasteiger partial charge in [0.15, 0.2) is 17.7 Å². The van der Waals surface area contributed by atoms with Crippen LogP contribution in [0.2, 0.25) is 0 Å². The van der Waals surface area contributed by atoms with Crippen LogP contribution in [0, 0.1) is 0 Å². The fraction of sp³-hybridized carbons (Fsp3) is 0.455. The summed E-state index contributed by atoms with van der Waals surface area (Å²) in [5, 5.41) is 13.4. The van der Waals surface area contributed by atoms with Gasteiger partial charge in [0.05, 0.1) is 25.1 Å². The first-order chi connectivity index (χ1) is 17.6. The van der Waals surface area contributed by atoms with Gasteiger partial charge in [-0.1, -0.05) is 18.2 Å². The highest BCUT2D eigenvalue weighted by Gasteiger charge is 2.45. The molecule has 0 saturated carbocycles. The highest BCUT2D eigenvalue weighted by atomic mass is 31.2. The molecule has 37 heavy (non-hydrogen) atoms. The molecule has 0 radical (unpaired) electrons. The van der Waals surface area contributed by atoms with Gasteiger partial charge in [0.1, 0.15) is 35.8 Å². The summed E-state index contributed by atoms with van der Waals surface area (Å²) in [6, 6.07) is 6.38. The summed E-state index contributed by atoms with van der Waals surface area (Å²) < 4.78 is 37.6. The minimum atomic E-state index is -4.16. The third-order valence-electron chi connectivity index (χ3n) is 5.51. The number of para-hydroxylation sites is 1. The van der Waals surface area contributed by atoms with Crippen LogP contribution in [0.4, 0.5) is 5.82 Å². The molecule has 0 spiro atoms. The molecule has 1 fully saturated rings. The first-order valence-corrected chi connectivity index (χ1v) is 13.1. The molecule has 6 N–H and O–H groups in total. The van der Waals surface area contributed by atoms with E-state index in [1.165, 1.54) is 24.1 Å². The number of nitrogens with one attached hydrogen (secondary N) is 1. The molecule has 0 aliphatic carbocycles. The second-order valence-corrected chi connectivity index (χ2v) is 10.4. The summed E-state index contributed by atoms with van der Waals surface area (Å²) in [4.78, 5) is 24.6. The molecule has 1 aromatic carbocycles. The fourth-order valence-electron chi connectivity index (χ4n) is 3.72. The molecule has 1 saturated heterocycles. The van der Waals surface area contributed by atoms with Crippen molar-refractivity contribution in [2.75, 3.05) is 12.3 Å². The maximum atomic E-state index is 13.7. The van der Waals surface area contributed by atoms with Crippen molar-refractivity contribution < 1.29 is 33.0 Å². The number of esters is 1. The van der Waals surface area contributed by atoms with Crippen molar-refractivity contribution in [3.8, 4) is 5.75 Å². The van der Waals surface area contributed by atoms with E-state index in [1.54, 1.807) is 44.2 Å². The van der Waals surface area contributed by atoms with E-state index < -0.39 is 44.2 Å². The maximum absolute atomic E-state index is 13.7. The lowest BCUT2D eigenvalue weighted by molar-refractivity contribution is -0.149. The molecule has 0 amide bonds. The first-order valence-electron chi connectivity index (χ1n) is 11.6. The topological polar surface area (TPSA) is 199 Å². The highest BCUT2D eigenvalue weighted by molar-refractivity contribution is 7.52. The van der Waals surface area contributed by atoms with E-state index in [1.807, 2.05) is 0 Å². The number of hydrogen-bond acceptors (Lipinski definition) is 12. The van der Waals surface area contributed by atoms with Crippen LogP contribution in [0.15, 0.2) is 43.0 Å². The summed E-state index contributed by atoms with van der Waals surface area (Å²) in [6.45, 7) is 4.49. The fourth-order valence-corrected chi connectivity index (χ4v) is 5.22. The Kier molecular flexibility index (Phi) is 8.07. The lowest BCUT2D eigenvalue weighted by Gasteiger charge is -2.25. The number of benzene rings is 1. The zero-order chi connectivity index (χ0) is 26.7. The number of nitrogens with two attached hydrogens (primary N) is 2. The smallest absolute Gasteiger partial charge is 0.459 e. The number of aliphatic hydroxyl groups is 1. The summed E-state index contributed by atoms with van der Waals surface area (Å²) in [6.07, 6.45) is -0.720. The Bertz CT molecular complexity index is 1270. The van der Waals surface area contributed by atoms with Gasteiger partial charge in [0.2, 0.25) is 0 Å². The maximum Gasteiger partial charge on any atom is 0.459 e. The van der Waals surface area contributed by atoms with Crippen LogP contribution in [0.1, 0.15) is 27.0 Å². The van der Waals surface area contributed by atoms with Crippen molar-refractivity contribution >= 4 is 30.7 Å². The van der Waals surface area contributed by atoms with E-state index in [0.29, 0.717) is 11.2 Å². The molecule has 0 unspecified atom stereocenters. The van der Waals surface area contributed by atoms with Crippen molar-refractivity contribution in [3.05, 3.63) is 43.0 Å². The molecular formula is C22H30N7O7P. The molecule has 3 aromatic rings. The minimum absolute atomic E-state index is 0.186. The number of fused-ring (bicyclic) bond motifs is 1. The van der Waals surface area contributed by atoms with Gasteiger partial charge in [-0.05, 0) is 32.9 Å². The standard InChI is InChI=1S/C22H30N7O7P/c1-12(2)34-22(31)13(3)28-37(32,36-14-7-5-4-6-8-14)33-9-15-18(30)16(23)21(35-15)29-11-27-17-19(24)25-10-26-20(17)29/h4-8,10-13,15-16,18,21,30H,9,23H2,1-3H3,(H,28,32)(H2,24,25,26)/t13-,15-,16-,18-,21-,37-/m1/s1. The third kappa shape index (κ3) is 6.06. The molecule has 2 aromatic heterocycles. The normalized spacial score (nSPS) is 24.2. The van der Waals surface area contributed by atoms with E-state index in [-0.39, 0.29) is 24.3 Å². The van der Waals surface area contributed by atoms with Gasteiger partial charge in [0.25, 0.3) is 0 Å². The van der Waals surface area contributed by atoms with Crippen molar-refractivity contribution in [1.29, 1.82) is 0 Å². The monoisotopic (exact) mass is 535 g/mol. The van der Waals surface area contributed by atoms with E-state index in [4.69, 9.17) is 30.0 Å². The predicted octanol–water partition coefficient (Wildman–Crippen LogP) is 1.13. The Morgan fingerprint density at radius 3 is 2.68 bits per heavy atom. The molecule has 15 heteroatoms. The first kappa shape index (κ1) is 26.9. The zero-order valence-electron chi connectivity index (χ0n) is 20.5. The van der Waals surface area contributed by atoms with Gasteiger partial charge >= 0.3 is 13.7 Å². The van der Waals surface area contributed by atoms with Crippen LogP contribution in [0.25, 0.3) is 11.2 Å². The quantitative estimate of drug-likeness (QED) is 0.213. The van der Waals surface area contributed by atoms with Gasteiger partial charge in [-0.2, -0.15) is 5.09 Å². The molecule has 3 heterocycles. The molecule has 1 aliphatic heterocycles. The lowest BCUT2D eigenvalue weighted by atomic mass is 10.1. The average Bonchev–Trinajstić information content (AvgIpc) is 3.40. The largest absolute Gasteiger partial charge is 0.462 e. The van der Waals surface area contributed by atoms with E-state index in [2.05, 4.69) is 20.0 Å². The van der Waals surface area contributed by atoms with Gasteiger partial charge in [-0.3, -0.25) is 13.9 Å². The number of hydrogen-bond donors (Lipinski definition) is 4. The lowest BCUT2D eigenvalue weighted by Crippen LogP contribution is -2.40. The average molecular weight is 535 g/mol. The molecule has 200 valence electrons. The van der Waals surface area contributed by atoms with Crippen LogP contribution >= 0.6 is 7.75 Å². The Morgan fingerprint density at radius 2 is 1.97 bits per heavy atom. The minimum Gasteiger partial charge on any atom is -0.462 e. The predicted molar refractivity (Wildman–Crippen MR) is 132 cm³/mol. The number of nitrogen functional groups attached to an aromatic ring is 1. The van der Waals surface area contributed by atoms with Gasteiger partial charge < -0.3 is 30.6 Å². The van der Waals surface area contributed by atoms with Crippen molar-refractivity contribution in [2.24, 2.45) is 5.73 Å². The van der Waals surface area contributed by atoms with Crippen molar-refractivity contribution in [2.45, 2.75) is 57.4 Å². The third-order valence-corrected chi connectivity index (χ3v) is 7.16. The molecule has 14 nitrogen and oxygen atoms in total. The van der Waals surface area contributed by atoms with Crippen LogP contribution in [-0.2, 0) is 23.4 Å². The van der Waals surface area contributed by atoms with Crippen LogP contribution in [0.5, 0.6) is 5.75 Å². The van der Waals surface area contributed by atoms with Crippen molar-refractivity contribution in [1.82, 2.24) is 24.6 Å². The van der Waals surface area contributed by atoms with Crippen LogP contribution in [0.3, 0.4) is 0 Å². The molecule has 1 aliphatic rings. The summed E-state index contributed by atoms with van der Waals surface area (Å²) in [7, 11) is -4.16. The number of nitrogens with zero attached hydrogens (tertiary/aromatic N) is 4. The number of carbonyl (C=O) groups is 1. The summed E-state index contributed by atoms with van der Waals surface area (Å²) in [5.74, 6) is -0.207. The number of aromatic nitrogens is 4. The SMILES string of the molecule is CC(C)OC(=O)[C@@H](C)N[P@@](=O)(OC[C@H]1O[C@@H](n2cnc3c(N)ncnc32)[C@H](N)[C@@H]1O)Oc1ccccc1. The Labute approximate surface area is 212 Å². The molecule has 4 rings (SSSR count). The number of rotatable bonds is 10. The second kappa shape index (κ2) is 11.1. The van der Waals surface area contributed by atoms with Gasteiger partial charge in [-0.25, -0.2) is 19.5 Å². The number of anilines is 1. The van der Waals surface area contributed by atoms with Gasteiger partial charge in [0, 0.05) is 0 Å². The van der Waals surface area contributed by atoms with Gasteiger partial charge in [-0.15, -0.1) is 0 Å². The highest BCUT2D eigenvalue weighted by Crippen LogP contribution is 2.46. The Morgan fingerprint density at radius 1 is 1.24 bits per heavy atom. The summed E-state index contributed by atoms with van der Waals surface area (Å²) >= 11 is 0. The molecule has 0 bridgehead atoms. The van der Waals surface area contributed by atoms with Crippen LogP contribution < -0.4 is 21.1 Å². The number of carbonyl (C=O) groups excluding carboxylic acids is 1. The number of imidazole rings is 1. The Balaban J connectivity index is 1.50. The Hall–Kier alpha value is -3.13. The summed E-state index contributed by atoms with van der Waals surface area (Å²) in [5.41, 5.74) is 12.8. The number of aliphatic hydroxyl groups excluding tert-OH is 1. The van der Waals surface area contributed by atoms with Crippen LogP contribution in [-0.4, -0.2) is 67.6 Å². The van der Waals surface area contributed by atoms with E-state index >= 15 is 0 Å². The van der Waals surface area contributed by atoms with E-state index in [9.17, 15) is 14.5 Å². The molecule has 6 atom stereocenters. The van der Waals surface area contributed by atoms with Crippen molar-refractivity contribution in [3.63, 3.8) is 0 Å². The molecular weight excluding hydrogens is 505 g/mol. The van der Waals surface area contributed by atoms with E-state index in [0.717, 1.165) is 0 Å². The number of ether oxygens (including phenoxy) is 2.